The van der Waals surface area contributed by atoms with Crippen molar-refractivity contribution in [2.24, 2.45) is 0 Å². The molecule has 2 aliphatic heterocycles. The third-order valence-electron chi connectivity index (χ3n) is 5.53. The molecule has 0 saturated carbocycles. The number of nitrogens with zero attached hydrogens (tertiary/aromatic N) is 5. The third kappa shape index (κ3) is 4.75. The lowest BCUT2D eigenvalue weighted by Crippen LogP contribution is -2.50. The van der Waals surface area contributed by atoms with Crippen molar-refractivity contribution in [2.45, 2.75) is 26.2 Å². The molecule has 3 heterocycles. The molecule has 160 valence electrons. The summed E-state index contributed by atoms with van der Waals surface area (Å²) in [6, 6.07) is 5.94. The first-order valence-electron chi connectivity index (χ1n) is 10.4. The zero-order valence-corrected chi connectivity index (χ0v) is 17.8. The summed E-state index contributed by atoms with van der Waals surface area (Å²) in [6.45, 7) is 6.53. The van der Waals surface area contributed by atoms with Crippen molar-refractivity contribution >= 4 is 35.1 Å². The molecule has 0 bridgehead atoms. The quantitative estimate of drug-likeness (QED) is 0.796. The van der Waals surface area contributed by atoms with Gasteiger partial charge in [-0.15, -0.1) is 0 Å². The minimum Gasteiger partial charge on any atom is -0.353 e. The van der Waals surface area contributed by atoms with E-state index in [1.54, 1.807) is 4.90 Å². The molecule has 1 N–H and O–H groups in total. The number of benzene rings is 1. The highest BCUT2D eigenvalue weighted by molar-refractivity contribution is 6.31. The Kier molecular flexibility index (Phi) is 6.22. The Hall–Kier alpha value is -2.61. The van der Waals surface area contributed by atoms with Gasteiger partial charge in [0.25, 0.3) is 0 Å². The number of carbonyl (C=O) groups excluding carboxylic acids is 1. The molecule has 1 aromatic heterocycles. The van der Waals surface area contributed by atoms with Crippen LogP contribution in [0.4, 0.5) is 26.6 Å². The first kappa shape index (κ1) is 20.7. The number of nitrogens with one attached hydrogen (secondary N) is 1. The van der Waals surface area contributed by atoms with Gasteiger partial charge in [-0.2, -0.15) is 4.98 Å². The zero-order valence-electron chi connectivity index (χ0n) is 17.1. The molecule has 2 aliphatic rings. The molecule has 0 spiro atoms. The van der Waals surface area contributed by atoms with Crippen LogP contribution in [0.25, 0.3) is 0 Å². The molecule has 2 saturated heterocycles. The summed E-state index contributed by atoms with van der Waals surface area (Å²) in [4.78, 5) is 28.2. The highest BCUT2D eigenvalue weighted by Gasteiger charge is 2.23. The Bertz CT molecular complexity index is 912. The van der Waals surface area contributed by atoms with Gasteiger partial charge in [0.2, 0.25) is 5.95 Å². The Morgan fingerprint density at radius 2 is 1.73 bits per heavy atom. The lowest BCUT2D eigenvalue weighted by Gasteiger charge is -2.36. The average molecular weight is 433 g/mol. The monoisotopic (exact) mass is 432 g/mol. The van der Waals surface area contributed by atoms with Crippen LogP contribution in [0.3, 0.4) is 0 Å². The Labute approximate surface area is 180 Å². The van der Waals surface area contributed by atoms with E-state index in [4.69, 9.17) is 16.6 Å². The maximum absolute atomic E-state index is 13.3. The molecule has 2 amide bonds. The average Bonchev–Trinajstić information content (AvgIpc) is 2.76. The highest BCUT2D eigenvalue weighted by atomic mass is 35.5. The Morgan fingerprint density at radius 3 is 2.43 bits per heavy atom. The second-order valence-electron chi connectivity index (χ2n) is 7.75. The number of aryl methyl sites for hydroxylation is 1. The summed E-state index contributed by atoms with van der Waals surface area (Å²) in [5.74, 6) is 1.21. The Balaban J connectivity index is 1.37. The summed E-state index contributed by atoms with van der Waals surface area (Å²) in [5, 5.41) is 2.77. The predicted octanol–water partition coefficient (Wildman–Crippen LogP) is 3.92. The number of hydrogen-bond acceptors (Lipinski definition) is 5. The van der Waals surface area contributed by atoms with Crippen LogP contribution in [0, 0.1) is 12.7 Å². The fourth-order valence-electron chi connectivity index (χ4n) is 3.85. The zero-order chi connectivity index (χ0) is 21.1. The number of urea groups is 1. The predicted molar refractivity (Wildman–Crippen MR) is 117 cm³/mol. The van der Waals surface area contributed by atoms with Gasteiger partial charge in [0.1, 0.15) is 11.6 Å². The highest BCUT2D eigenvalue weighted by Crippen LogP contribution is 2.23. The van der Waals surface area contributed by atoms with E-state index < -0.39 is 5.82 Å². The van der Waals surface area contributed by atoms with Gasteiger partial charge in [-0.25, -0.2) is 14.2 Å². The maximum Gasteiger partial charge on any atom is 0.321 e. The number of rotatable bonds is 3. The molecule has 2 fully saturated rings. The second-order valence-corrected chi connectivity index (χ2v) is 8.16. The summed E-state index contributed by atoms with van der Waals surface area (Å²) in [6.07, 6.45) is 3.63. The number of halogens is 2. The van der Waals surface area contributed by atoms with E-state index in [9.17, 15) is 9.18 Å². The summed E-state index contributed by atoms with van der Waals surface area (Å²) >= 11 is 5.79. The number of hydrogen-bond donors (Lipinski definition) is 1. The van der Waals surface area contributed by atoms with Crippen LogP contribution in [-0.4, -0.2) is 60.2 Å². The molecular formula is C21H26ClFN6O. The molecule has 2 aromatic rings. The van der Waals surface area contributed by atoms with Crippen molar-refractivity contribution in [1.82, 2.24) is 14.9 Å². The van der Waals surface area contributed by atoms with Crippen LogP contribution >= 0.6 is 11.6 Å². The minimum absolute atomic E-state index is 0.0127. The molecule has 4 rings (SSSR count). The van der Waals surface area contributed by atoms with E-state index in [1.807, 2.05) is 13.0 Å². The smallest absolute Gasteiger partial charge is 0.321 e. The number of amides is 2. The molecule has 30 heavy (non-hydrogen) atoms. The van der Waals surface area contributed by atoms with Crippen molar-refractivity contribution in [2.75, 3.05) is 54.4 Å². The number of carbonyl (C=O) groups is 1. The van der Waals surface area contributed by atoms with Crippen LogP contribution in [-0.2, 0) is 0 Å². The van der Waals surface area contributed by atoms with Crippen molar-refractivity contribution in [3.8, 4) is 0 Å². The summed E-state index contributed by atoms with van der Waals surface area (Å²) in [5.41, 5.74) is 1.43. The van der Waals surface area contributed by atoms with Crippen LogP contribution in [0.2, 0.25) is 5.02 Å². The van der Waals surface area contributed by atoms with Crippen molar-refractivity contribution in [1.29, 1.82) is 0 Å². The second kappa shape index (κ2) is 9.04. The fourth-order valence-corrected chi connectivity index (χ4v) is 4.03. The maximum atomic E-state index is 13.3. The number of aromatic nitrogens is 2. The first-order valence-corrected chi connectivity index (χ1v) is 10.7. The SMILES string of the molecule is Cc1cc(N2CCN(C(=O)Nc3ccc(F)c(Cl)c3)CC2)nc(N2CCCCC2)n1. The van der Waals surface area contributed by atoms with Crippen molar-refractivity contribution < 1.29 is 9.18 Å². The van der Waals surface area contributed by atoms with Gasteiger partial charge in [0.15, 0.2) is 0 Å². The summed E-state index contributed by atoms with van der Waals surface area (Å²) < 4.78 is 13.3. The largest absolute Gasteiger partial charge is 0.353 e. The number of piperidine rings is 1. The summed E-state index contributed by atoms with van der Waals surface area (Å²) in [7, 11) is 0. The van der Waals surface area contributed by atoms with E-state index in [-0.39, 0.29) is 11.1 Å². The molecule has 0 unspecified atom stereocenters. The van der Waals surface area contributed by atoms with Crippen LogP contribution in [0.15, 0.2) is 24.3 Å². The van der Waals surface area contributed by atoms with E-state index in [1.165, 1.54) is 37.5 Å². The van der Waals surface area contributed by atoms with Gasteiger partial charge in [-0.1, -0.05) is 11.6 Å². The van der Waals surface area contributed by atoms with Crippen LogP contribution < -0.4 is 15.1 Å². The topological polar surface area (TPSA) is 64.6 Å². The standard InChI is InChI=1S/C21H26ClFN6O/c1-15-13-19(26-20(24-15)28-7-3-2-4-8-28)27-9-11-29(12-10-27)21(30)25-16-5-6-18(23)17(22)14-16/h5-6,13-14H,2-4,7-12H2,1H3,(H,25,30). The van der Waals surface area contributed by atoms with Crippen molar-refractivity contribution in [3.63, 3.8) is 0 Å². The van der Waals surface area contributed by atoms with Gasteiger partial charge in [0, 0.05) is 56.7 Å². The molecule has 9 heteroatoms. The molecule has 1 aromatic carbocycles. The molecule has 7 nitrogen and oxygen atoms in total. The van der Waals surface area contributed by atoms with Gasteiger partial charge < -0.3 is 20.0 Å². The fraction of sp³-hybridized carbons (Fsp3) is 0.476. The number of anilines is 3. The van der Waals surface area contributed by atoms with Gasteiger partial charge in [-0.05, 0) is 44.4 Å². The van der Waals surface area contributed by atoms with Crippen LogP contribution in [0.5, 0.6) is 0 Å². The first-order chi connectivity index (χ1) is 14.5. The van der Waals surface area contributed by atoms with E-state index in [0.717, 1.165) is 30.5 Å². The normalized spacial score (nSPS) is 17.2. The minimum atomic E-state index is -0.507. The number of piperazine rings is 1. The van der Waals surface area contributed by atoms with Gasteiger partial charge in [-0.3, -0.25) is 0 Å². The van der Waals surface area contributed by atoms with Gasteiger partial charge >= 0.3 is 6.03 Å². The molecular weight excluding hydrogens is 407 g/mol. The molecule has 0 atom stereocenters. The lowest BCUT2D eigenvalue weighted by molar-refractivity contribution is 0.208. The lowest BCUT2D eigenvalue weighted by atomic mass is 10.1. The third-order valence-corrected chi connectivity index (χ3v) is 5.82. The van der Waals surface area contributed by atoms with Crippen LogP contribution in [0.1, 0.15) is 25.0 Å². The van der Waals surface area contributed by atoms with Gasteiger partial charge in [0.05, 0.1) is 5.02 Å². The molecule has 0 aliphatic carbocycles. The Morgan fingerprint density at radius 1 is 1.00 bits per heavy atom. The van der Waals surface area contributed by atoms with E-state index >= 15 is 0 Å². The van der Waals surface area contributed by atoms with Crippen molar-refractivity contribution in [3.05, 3.63) is 40.8 Å². The molecule has 0 radical (unpaired) electrons. The van der Waals surface area contributed by atoms with E-state index in [2.05, 4.69) is 20.1 Å². The van der Waals surface area contributed by atoms with E-state index in [0.29, 0.717) is 31.9 Å².